The Bertz CT molecular complexity index is 1060. The molecular formula is C23H26N4O2. The Morgan fingerprint density at radius 2 is 1.83 bits per heavy atom. The molecule has 0 bridgehead atoms. The van der Waals surface area contributed by atoms with Gasteiger partial charge in [0, 0.05) is 48.4 Å². The van der Waals surface area contributed by atoms with E-state index in [1.54, 1.807) is 18.0 Å². The van der Waals surface area contributed by atoms with Crippen LogP contribution in [0.4, 0.5) is 0 Å². The summed E-state index contributed by atoms with van der Waals surface area (Å²) in [4.78, 5) is 33.5. The summed E-state index contributed by atoms with van der Waals surface area (Å²) in [6.07, 6.45) is 1.92. The summed E-state index contributed by atoms with van der Waals surface area (Å²) >= 11 is 0. The summed E-state index contributed by atoms with van der Waals surface area (Å²) in [5.74, 6) is -0.600. The summed E-state index contributed by atoms with van der Waals surface area (Å²) in [5.41, 5.74) is 3.33. The Balaban J connectivity index is 1.80. The van der Waals surface area contributed by atoms with Crippen molar-refractivity contribution in [1.29, 1.82) is 0 Å². The molecule has 0 radical (unpaired) electrons. The van der Waals surface area contributed by atoms with E-state index in [1.165, 1.54) is 0 Å². The number of likely N-dealkylation sites (N-methyl/N-ethyl adjacent to an activating group) is 2. The van der Waals surface area contributed by atoms with Crippen LogP contribution in [0.5, 0.6) is 0 Å². The van der Waals surface area contributed by atoms with Gasteiger partial charge >= 0.3 is 0 Å². The third-order valence-corrected chi connectivity index (χ3v) is 5.66. The lowest BCUT2D eigenvalue weighted by atomic mass is 9.79. The number of rotatable bonds is 5. The molecule has 0 saturated carbocycles. The van der Waals surface area contributed by atoms with Crippen LogP contribution in [0.2, 0.25) is 0 Å². The van der Waals surface area contributed by atoms with Gasteiger partial charge in [-0.15, -0.1) is 0 Å². The molecule has 4 rings (SSSR count). The lowest BCUT2D eigenvalue weighted by Gasteiger charge is -2.39. The van der Waals surface area contributed by atoms with E-state index in [0.717, 1.165) is 28.6 Å². The molecule has 2 aromatic carbocycles. The van der Waals surface area contributed by atoms with Crippen molar-refractivity contribution in [3.63, 3.8) is 0 Å². The molecule has 0 saturated heterocycles. The van der Waals surface area contributed by atoms with Crippen molar-refractivity contribution in [2.75, 3.05) is 34.2 Å². The number of amides is 2. The quantitative estimate of drug-likeness (QED) is 0.704. The Morgan fingerprint density at radius 1 is 1.10 bits per heavy atom. The number of nitrogens with zero attached hydrogens (tertiary/aromatic N) is 2. The topological polar surface area (TPSA) is 68.4 Å². The zero-order valence-electron chi connectivity index (χ0n) is 17.0. The van der Waals surface area contributed by atoms with Crippen molar-refractivity contribution in [2.45, 2.75) is 12.0 Å². The minimum absolute atomic E-state index is 0.0612. The molecule has 1 aromatic heterocycles. The normalized spacial score (nSPS) is 18.9. The molecular weight excluding hydrogens is 364 g/mol. The van der Waals surface area contributed by atoms with Crippen LogP contribution < -0.4 is 5.32 Å². The number of aromatic amines is 1. The fourth-order valence-electron chi connectivity index (χ4n) is 4.20. The average Bonchev–Trinajstić information content (AvgIpc) is 3.14. The standard InChI is InChI=1S/C23H26N4O2/c1-26(2)13-12-24-22(28)20-16-9-4-5-10-17(16)23(29)27(3)21(20)18-14-25-19-11-7-6-8-15(18)19/h4-11,14,20-21,25H,12-13H2,1-3H3,(H,24,28). The highest BCUT2D eigenvalue weighted by atomic mass is 16.2. The van der Waals surface area contributed by atoms with Gasteiger partial charge in [-0.3, -0.25) is 9.59 Å². The van der Waals surface area contributed by atoms with Gasteiger partial charge in [-0.2, -0.15) is 0 Å². The van der Waals surface area contributed by atoms with Crippen molar-refractivity contribution in [1.82, 2.24) is 20.1 Å². The first kappa shape index (κ1) is 19.2. The fraction of sp³-hybridized carbons (Fsp3) is 0.304. The first-order valence-corrected chi connectivity index (χ1v) is 9.83. The molecule has 3 aromatic rings. The summed E-state index contributed by atoms with van der Waals surface area (Å²) in [5, 5.41) is 4.10. The molecule has 2 heterocycles. The van der Waals surface area contributed by atoms with Crippen LogP contribution in [0.15, 0.2) is 54.7 Å². The summed E-state index contributed by atoms with van der Waals surface area (Å²) < 4.78 is 0. The largest absolute Gasteiger partial charge is 0.361 e. The Kier molecular flexibility index (Phi) is 5.11. The van der Waals surface area contributed by atoms with Crippen molar-refractivity contribution in [2.24, 2.45) is 0 Å². The van der Waals surface area contributed by atoms with E-state index < -0.39 is 5.92 Å². The van der Waals surface area contributed by atoms with Gasteiger partial charge in [-0.05, 0) is 31.8 Å². The fourth-order valence-corrected chi connectivity index (χ4v) is 4.20. The van der Waals surface area contributed by atoms with Gasteiger partial charge in [0.2, 0.25) is 5.91 Å². The zero-order valence-corrected chi connectivity index (χ0v) is 17.0. The number of fused-ring (bicyclic) bond motifs is 2. The minimum atomic E-state index is -0.477. The second-order valence-electron chi connectivity index (χ2n) is 7.81. The van der Waals surface area contributed by atoms with Gasteiger partial charge in [-0.25, -0.2) is 0 Å². The molecule has 2 N–H and O–H groups in total. The highest BCUT2D eigenvalue weighted by Crippen LogP contribution is 2.43. The molecule has 150 valence electrons. The van der Waals surface area contributed by atoms with Crippen LogP contribution in [-0.2, 0) is 4.79 Å². The van der Waals surface area contributed by atoms with Crippen LogP contribution in [0, 0.1) is 0 Å². The summed E-state index contributed by atoms with van der Waals surface area (Å²) in [6, 6.07) is 15.0. The molecule has 2 atom stereocenters. The average molecular weight is 390 g/mol. The maximum atomic E-state index is 13.4. The van der Waals surface area contributed by atoms with Crippen molar-refractivity contribution >= 4 is 22.7 Å². The van der Waals surface area contributed by atoms with Crippen LogP contribution in [0.3, 0.4) is 0 Å². The van der Waals surface area contributed by atoms with Crippen molar-refractivity contribution < 1.29 is 9.59 Å². The Morgan fingerprint density at radius 3 is 2.62 bits per heavy atom. The van der Waals surface area contributed by atoms with E-state index in [9.17, 15) is 9.59 Å². The highest BCUT2D eigenvalue weighted by molar-refractivity contribution is 6.02. The van der Waals surface area contributed by atoms with E-state index in [0.29, 0.717) is 12.1 Å². The zero-order chi connectivity index (χ0) is 20.5. The van der Waals surface area contributed by atoms with Crippen LogP contribution in [0.1, 0.15) is 33.4 Å². The molecule has 0 fully saturated rings. The number of hydrogen-bond donors (Lipinski definition) is 2. The van der Waals surface area contributed by atoms with Gasteiger partial charge in [0.05, 0.1) is 12.0 Å². The molecule has 0 spiro atoms. The number of benzene rings is 2. The lowest BCUT2D eigenvalue weighted by Crippen LogP contribution is -2.46. The molecule has 6 nitrogen and oxygen atoms in total. The highest BCUT2D eigenvalue weighted by Gasteiger charge is 2.43. The summed E-state index contributed by atoms with van der Waals surface area (Å²) in [7, 11) is 5.73. The number of nitrogens with one attached hydrogen (secondary N) is 2. The first-order valence-electron chi connectivity index (χ1n) is 9.83. The van der Waals surface area contributed by atoms with Crippen molar-refractivity contribution in [3.8, 4) is 0 Å². The first-order chi connectivity index (χ1) is 14.0. The molecule has 6 heteroatoms. The van der Waals surface area contributed by atoms with Gasteiger partial charge in [0.25, 0.3) is 5.91 Å². The van der Waals surface area contributed by atoms with Crippen LogP contribution in [-0.4, -0.2) is 60.8 Å². The lowest BCUT2D eigenvalue weighted by molar-refractivity contribution is -0.124. The third-order valence-electron chi connectivity index (χ3n) is 5.66. The van der Waals surface area contributed by atoms with Crippen molar-refractivity contribution in [3.05, 3.63) is 71.4 Å². The second kappa shape index (κ2) is 7.72. The van der Waals surface area contributed by atoms with Crippen LogP contribution in [0.25, 0.3) is 10.9 Å². The Labute approximate surface area is 170 Å². The number of hydrogen-bond acceptors (Lipinski definition) is 3. The van der Waals surface area contributed by atoms with Crippen LogP contribution >= 0.6 is 0 Å². The predicted molar refractivity (Wildman–Crippen MR) is 114 cm³/mol. The Hall–Kier alpha value is -3.12. The number of aromatic nitrogens is 1. The van der Waals surface area contributed by atoms with E-state index in [4.69, 9.17) is 0 Å². The van der Waals surface area contributed by atoms with E-state index in [2.05, 4.69) is 10.3 Å². The molecule has 1 aliphatic rings. The molecule has 1 aliphatic heterocycles. The number of carbonyl (C=O) groups excluding carboxylic acids is 2. The van der Waals surface area contributed by atoms with Gasteiger partial charge < -0.3 is 20.1 Å². The molecule has 2 amide bonds. The smallest absolute Gasteiger partial charge is 0.254 e. The minimum Gasteiger partial charge on any atom is -0.361 e. The van der Waals surface area contributed by atoms with E-state index >= 15 is 0 Å². The van der Waals surface area contributed by atoms with Gasteiger partial charge in [0.15, 0.2) is 0 Å². The van der Waals surface area contributed by atoms with Gasteiger partial charge in [-0.1, -0.05) is 36.4 Å². The maximum Gasteiger partial charge on any atom is 0.254 e. The number of para-hydroxylation sites is 1. The molecule has 29 heavy (non-hydrogen) atoms. The molecule has 0 aliphatic carbocycles. The van der Waals surface area contributed by atoms with E-state index in [1.807, 2.05) is 67.7 Å². The SMILES string of the molecule is CN(C)CCNC(=O)C1c2ccccc2C(=O)N(C)C1c1c[nH]c2ccccc12. The summed E-state index contributed by atoms with van der Waals surface area (Å²) in [6.45, 7) is 1.31. The monoisotopic (exact) mass is 390 g/mol. The van der Waals surface area contributed by atoms with E-state index in [-0.39, 0.29) is 17.9 Å². The number of H-pyrrole nitrogens is 1. The molecule has 2 unspecified atom stereocenters. The second-order valence-corrected chi connectivity index (χ2v) is 7.81. The predicted octanol–water partition coefficient (Wildman–Crippen LogP) is 2.76. The number of carbonyl (C=O) groups is 2. The van der Waals surface area contributed by atoms with Gasteiger partial charge in [0.1, 0.15) is 0 Å². The third kappa shape index (κ3) is 3.40. The maximum absolute atomic E-state index is 13.4.